The van der Waals surface area contributed by atoms with Crippen molar-refractivity contribution in [1.82, 2.24) is 14.9 Å². The maximum absolute atomic E-state index is 12.3. The van der Waals surface area contributed by atoms with Crippen LogP contribution in [0.25, 0.3) is 0 Å². The average Bonchev–Trinajstić information content (AvgIpc) is 2.91. The number of nitrogens with two attached hydrogens (primary N) is 1. The van der Waals surface area contributed by atoms with Crippen molar-refractivity contribution in [3.05, 3.63) is 33.6 Å². The minimum absolute atomic E-state index is 0.125. The highest BCUT2D eigenvalue weighted by molar-refractivity contribution is 7.99. The van der Waals surface area contributed by atoms with Crippen LogP contribution in [0.5, 0.6) is 0 Å². The summed E-state index contributed by atoms with van der Waals surface area (Å²) in [4.78, 5) is 24.0. The van der Waals surface area contributed by atoms with Crippen LogP contribution >= 0.6 is 23.1 Å². The zero-order chi connectivity index (χ0) is 14.8. The highest BCUT2D eigenvalue weighted by atomic mass is 32.2. The van der Waals surface area contributed by atoms with Gasteiger partial charge in [0, 0.05) is 29.7 Å². The second-order valence-corrected chi connectivity index (χ2v) is 6.88. The number of rotatable bonds is 3. The summed E-state index contributed by atoms with van der Waals surface area (Å²) in [5, 5.41) is 2.66. The standard InChI is InChI=1S/C14H16N4OS2/c1-9-6-12(15)17-14(16-9)21-8-13(19)18-4-2-11-10(7-18)3-5-20-11/h3,5-6H,2,4,7-8H2,1H3,(H2,15,16,17). The maximum Gasteiger partial charge on any atom is 0.233 e. The minimum atomic E-state index is 0.125. The number of hydrogen-bond donors (Lipinski definition) is 1. The van der Waals surface area contributed by atoms with Gasteiger partial charge in [-0.2, -0.15) is 0 Å². The molecule has 7 heteroatoms. The van der Waals surface area contributed by atoms with Crippen LogP contribution in [0.3, 0.4) is 0 Å². The summed E-state index contributed by atoms with van der Waals surface area (Å²) in [7, 11) is 0. The third-order valence-electron chi connectivity index (χ3n) is 3.34. The van der Waals surface area contributed by atoms with Gasteiger partial charge in [-0.15, -0.1) is 11.3 Å². The Bertz CT molecular complexity index is 650. The summed E-state index contributed by atoms with van der Waals surface area (Å²) in [5.74, 6) is 0.918. The fraction of sp³-hybridized carbons (Fsp3) is 0.357. The van der Waals surface area contributed by atoms with E-state index < -0.39 is 0 Å². The lowest BCUT2D eigenvalue weighted by Crippen LogP contribution is -2.36. The van der Waals surface area contributed by atoms with Crippen LogP contribution in [-0.2, 0) is 17.8 Å². The summed E-state index contributed by atoms with van der Waals surface area (Å²) >= 11 is 3.12. The molecule has 1 aliphatic rings. The molecular weight excluding hydrogens is 304 g/mol. The van der Waals surface area contributed by atoms with E-state index in [0.717, 1.165) is 25.2 Å². The highest BCUT2D eigenvalue weighted by Crippen LogP contribution is 2.25. The first-order chi connectivity index (χ1) is 10.1. The van der Waals surface area contributed by atoms with Crippen molar-refractivity contribution in [2.24, 2.45) is 0 Å². The number of thiophene rings is 1. The fourth-order valence-corrected chi connectivity index (χ4v) is 4.01. The molecule has 0 unspecified atom stereocenters. The largest absolute Gasteiger partial charge is 0.384 e. The molecule has 0 aliphatic carbocycles. The Labute approximate surface area is 131 Å². The van der Waals surface area contributed by atoms with Gasteiger partial charge in [-0.25, -0.2) is 9.97 Å². The lowest BCUT2D eigenvalue weighted by atomic mass is 10.1. The van der Waals surface area contributed by atoms with Gasteiger partial charge in [-0.3, -0.25) is 4.79 Å². The zero-order valence-electron chi connectivity index (χ0n) is 11.7. The first-order valence-electron chi connectivity index (χ1n) is 6.69. The van der Waals surface area contributed by atoms with Crippen LogP contribution < -0.4 is 5.73 Å². The molecule has 0 aromatic carbocycles. The number of anilines is 1. The van der Waals surface area contributed by atoms with Crippen LogP contribution in [0.4, 0.5) is 5.82 Å². The number of carbonyl (C=O) groups excluding carboxylic acids is 1. The van der Waals surface area contributed by atoms with E-state index >= 15 is 0 Å². The van der Waals surface area contributed by atoms with E-state index in [1.165, 1.54) is 22.2 Å². The summed E-state index contributed by atoms with van der Waals surface area (Å²) in [6.45, 7) is 3.38. The Balaban J connectivity index is 1.60. The number of carbonyl (C=O) groups is 1. The van der Waals surface area contributed by atoms with Crippen molar-refractivity contribution in [3.63, 3.8) is 0 Å². The molecule has 3 heterocycles. The van der Waals surface area contributed by atoms with E-state index in [0.29, 0.717) is 16.7 Å². The minimum Gasteiger partial charge on any atom is -0.384 e. The lowest BCUT2D eigenvalue weighted by molar-refractivity contribution is -0.129. The normalized spacial score (nSPS) is 14.0. The number of fused-ring (bicyclic) bond motifs is 1. The quantitative estimate of drug-likeness (QED) is 0.693. The third-order valence-corrected chi connectivity index (χ3v) is 5.19. The summed E-state index contributed by atoms with van der Waals surface area (Å²) in [5.41, 5.74) is 7.79. The first-order valence-corrected chi connectivity index (χ1v) is 8.55. The van der Waals surface area contributed by atoms with E-state index in [-0.39, 0.29) is 5.91 Å². The van der Waals surface area contributed by atoms with Gasteiger partial charge in [0.05, 0.1) is 5.75 Å². The molecule has 0 atom stereocenters. The van der Waals surface area contributed by atoms with Crippen LogP contribution in [-0.4, -0.2) is 33.1 Å². The smallest absolute Gasteiger partial charge is 0.233 e. The SMILES string of the molecule is Cc1cc(N)nc(SCC(=O)N2CCc3sccc3C2)n1. The molecular formula is C14H16N4OS2. The average molecular weight is 320 g/mol. The van der Waals surface area contributed by atoms with Crippen molar-refractivity contribution < 1.29 is 4.79 Å². The molecule has 3 rings (SSSR count). The fourth-order valence-electron chi connectivity index (χ4n) is 2.31. The molecule has 5 nitrogen and oxygen atoms in total. The van der Waals surface area contributed by atoms with E-state index in [9.17, 15) is 4.79 Å². The Morgan fingerprint density at radius 3 is 3.19 bits per heavy atom. The van der Waals surface area contributed by atoms with Gasteiger partial charge in [-0.1, -0.05) is 11.8 Å². The Morgan fingerprint density at radius 2 is 2.38 bits per heavy atom. The van der Waals surface area contributed by atoms with Gasteiger partial charge >= 0.3 is 0 Å². The van der Waals surface area contributed by atoms with Gasteiger partial charge in [-0.05, 0) is 30.4 Å². The van der Waals surface area contributed by atoms with Crippen molar-refractivity contribution in [1.29, 1.82) is 0 Å². The van der Waals surface area contributed by atoms with Crippen LogP contribution in [0.1, 0.15) is 16.1 Å². The maximum atomic E-state index is 12.3. The number of amides is 1. The number of thioether (sulfide) groups is 1. The Hall–Kier alpha value is -1.60. The molecule has 110 valence electrons. The molecule has 0 fully saturated rings. The predicted octanol–water partition coefficient (Wildman–Crippen LogP) is 2.11. The molecule has 2 aromatic heterocycles. The molecule has 0 radical (unpaired) electrons. The number of nitrogen functional groups attached to an aromatic ring is 1. The number of aryl methyl sites for hydroxylation is 1. The number of hydrogen-bond acceptors (Lipinski definition) is 6. The molecule has 0 saturated heterocycles. The molecule has 1 aliphatic heterocycles. The van der Waals surface area contributed by atoms with Crippen LogP contribution in [0, 0.1) is 6.92 Å². The molecule has 2 N–H and O–H groups in total. The second-order valence-electron chi connectivity index (χ2n) is 4.94. The number of nitrogens with zero attached hydrogens (tertiary/aromatic N) is 3. The van der Waals surface area contributed by atoms with Gasteiger partial charge in [0.25, 0.3) is 0 Å². The summed E-state index contributed by atoms with van der Waals surface area (Å²) in [6.07, 6.45) is 0.956. The summed E-state index contributed by atoms with van der Waals surface area (Å²) in [6, 6.07) is 3.82. The van der Waals surface area contributed by atoms with Gasteiger partial charge in [0.1, 0.15) is 5.82 Å². The molecule has 0 spiro atoms. The Kier molecular flexibility index (Phi) is 4.12. The monoisotopic (exact) mass is 320 g/mol. The van der Waals surface area contributed by atoms with Crippen LogP contribution in [0.2, 0.25) is 0 Å². The van der Waals surface area contributed by atoms with Gasteiger partial charge < -0.3 is 10.6 Å². The first kappa shape index (κ1) is 14.3. The molecule has 2 aromatic rings. The van der Waals surface area contributed by atoms with E-state index in [4.69, 9.17) is 5.73 Å². The predicted molar refractivity (Wildman–Crippen MR) is 85.3 cm³/mol. The second kappa shape index (κ2) is 6.03. The summed E-state index contributed by atoms with van der Waals surface area (Å²) < 4.78 is 0. The number of aromatic nitrogens is 2. The van der Waals surface area contributed by atoms with E-state index in [1.54, 1.807) is 17.4 Å². The van der Waals surface area contributed by atoms with Crippen LogP contribution in [0.15, 0.2) is 22.7 Å². The molecule has 0 saturated carbocycles. The molecule has 21 heavy (non-hydrogen) atoms. The highest BCUT2D eigenvalue weighted by Gasteiger charge is 2.21. The van der Waals surface area contributed by atoms with Crippen molar-refractivity contribution >= 4 is 34.8 Å². The third kappa shape index (κ3) is 3.36. The van der Waals surface area contributed by atoms with Crippen molar-refractivity contribution in [3.8, 4) is 0 Å². The van der Waals surface area contributed by atoms with Gasteiger partial charge in [0.2, 0.25) is 5.91 Å². The zero-order valence-corrected chi connectivity index (χ0v) is 13.3. The lowest BCUT2D eigenvalue weighted by Gasteiger charge is -2.26. The Morgan fingerprint density at radius 1 is 1.52 bits per heavy atom. The van der Waals surface area contributed by atoms with Crippen molar-refractivity contribution in [2.45, 2.75) is 25.0 Å². The van der Waals surface area contributed by atoms with E-state index in [2.05, 4.69) is 21.4 Å². The topological polar surface area (TPSA) is 72.1 Å². The van der Waals surface area contributed by atoms with Gasteiger partial charge in [0.15, 0.2) is 5.16 Å². The molecule has 0 bridgehead atoms. The van der Waals surface area contributed by atoms with Crippen molar-refractivity contribution in [2.75, 3.05) is 18.0 Å². The molecule has 1 amide bonds. The van der Waals surface area contributed by atoms with E-state index in [1.807, 2.05) is 11.8 Å².